The summed E-state index contributed by atoms with van der Waals surface area (Å²) in [6.07, 6.45) is 6.35. The summed E-state index contributed by atoms with van der Waals surface area (Å²) in [6, 6.07) is 72.9. The minimum atomic E-state index is -0.266. The molecule has 4 fully saturated rings. The lowest BCUT2D eigenvalue weighted by atomic mass is 9.43. The van der Waals surface area contributed by atoms with Gasteiger partial charge in [0.1, 0.15) is 27.9 Å². The van der Waals surface area contributed by atoms with Crippen LogP contribution in [0.5, 0.6) is 0 Å². The van der Waals surface area contributed by atoms with Crippen molar-refractivity contribution in [2.75, 3.05) is 9.80 Å². The molecule has 6 heteroatoms. The number of thiophene rings is 1. The Hall–Kier alpha value is -8.58. The maximum atomic E-state index is 7.53. The molecule has 5 aliphatic rings. The van der Waals surface area contributed by atoms with Gasteiger partial charge in [-0.1, -0.05) is 139 Å². The van der Waals surface area contributed by atoms with Crippen molar-refractivity contribution in [3.63, 3.8) is 0 Å². The SMILES string of the molecule is CC(C)(C)c1ccc(N(c2ccc3oc4ccccc4c3c2)c2cc3c(c4c2oc2ccccc24)-c2c(cc(N(c4ccc(C(C)(C)C)cc4)c4ccc5oc6ccccc6c5c4)c4c2sc2ccccc24)C32C3CC4CC(C3)CC2C4)cc1. The first-order chi connectivity index (χ1) is 40.8. The van der Waals surface area contributed by atoms with Crippen molar-refractivity contribution < 1.29 is 13.3 Å². The molecule has 0 N–H and O–H groups in total. The molecule has 4 saturated carbocycles. The molecule has 0 atom stereocenters. The molecule has 84 heavy (non-hydrogen) atoms. The zero-order valence-electron chi connectivity index (χ0n) is 48.3. The summed E-state index contributed by atoms with van der Waals surface area (Å²) in [4.78, 5) is 5.12. The zero-order chi connectivity index (χ0) is 56.1. The molecular formula is C78H64N2O3S. The van der Waals surface area contributed by atoms with Crippen LogP contribution in [0.3, 0.4) is 0 Å². The van der Waals surface area contributed by atoms with E-state index in [1.54, 1.807) is 0 Å². The van der Waals surface area contributed by atoms with Crippen molar-refractivity contribution in [1.82, 2.24) is 0 Å². The highest BCUT2D eigenvalue weighted by Gasteiger charge is 2.63. The zero-order valence-corrected chi connectivity index (χ0v) is 49.2. The van der Waals surface area contributed by atoms with Gasteiger partial charge in [-0.15, -0.1) is 11.3 Å². The monoisotopic (exact) mass is 1110 g/mol. The standard InChI is InChI=1S/C78H64N2O3S/c1-76(2,3)46-23-27-50(28-24-46)79(52-31-33-67-58(40-52)54-15-7-11-19-64(54)81-67)62-42-61-73(75-70(62)57-18-10-14-22-69(57)84-75)72-60(78(61)48-36-44-35-45(38-48)39-49(78)37-44)43-63(74-71(72)56-17-9-13-21-66(56)83-74)80(51-29-25-47(26-30-51)77(4,5)6)53-32-34-68-59(41-53)55-16-8-12-20-65(55)82-68/h7-34,40-45,48-49H,35-39H2,1-6H3. The molecule has 0 radical (unpaired) electrons. The third kappa shape index (κ3) is 6.83. The Kier molecular flexibility index (Phi) is 10.1. The third-order valence-electron chi connectivity index (χ3n) is 20.5. The van der Waals surface area contributed by atoms with E-state index in [0.717, 1.165) is 101 Å². The van der Waals surface area contributed by atoms with Gasteiger partial charge < -0.3 is 23.1 Å². The van der Waals surface area contributed by atoms with E-state index in [4.69, 9.17) is 13.3 Å². The fourth-order valence-electron chi connectivity index (χ4n) is 17.0. The van der Waals surface area contributed by atoms with Gasteiger partial charge in [0.05, 0.1) is 11.4 Å². The van der Waals surface area contributed by atoms with Crippen molar-refractivity contribution in [2.24, 2.45) is 23.7 Å². The average Bonchev–Trinajstić information content (AvgIpc) is 1.50. The number of anilines is 6. The van der Waals surface area contributed by atoms with Crippen molar-refractivity contribution in [1.29, 1.82) is 0 Å². The number of hydrogen-bond acceptors (Lipinski definition) is 6. The quantitative estimate of drug-likeness (QED) is 0.166. The summed E-state index contributed by atoms with van der Waals surface area (Å²) < 4.78 is 23.3. The van der Waals surface area contributed by atoms with E-state index in [1.807, 2.05) is 11.3 Å². The van der Waals surface area contributed by atoms with E-state index in [0.29, 0.717) is 11.8 Å². The number of hydrogen-bond donors (Lipinski definition) is 0. The second-order valence-electron chi connectivity index (χ2n) is 27.2. The van der Waals surface area contributed by atoms with Gasteiger partial charge in [-0.2, -0.15) is 0 Å². The number of rotatable bonds is 6. The minimum absolute atomic E-state index is 0.00666. The number of fused-ring (bicyclic) bond motifs is 17. The van der Waals surface area contributed by atoms with Gasteiger partial charge >= 0.3 is 0 Å². The van der Waals surface area contributed by atoms with Crippen LogP contribution in [0.4, 0.5) is 34.1 Å². The van der Waals surface area contributed by atoms with E-state index < -0.39 is 0 Å². The van der Waals surface area contributed by atoms with E-state index in [-0.39, 0.29) is 16.2 Å². The fraction of sp³-hybridized carbons (Fsp3) is 0.231. The molecule has 5 aliphatic carbocycles. The van der Waals surface area contributed by atoms with E-state index in [2.05, 4.69) is 245 Å². The number of benzene rings is 10. The Morgan fingerprint density at radius 2 is 0.833 bits per heavy atom. The Morgan fingerprint density at radius 3 is 1.38 bits per heavy atom. The predicted octanol–water partition coefficient (Wildman–Crippen LogP) is 23.0. The van der Waals surface area contributed by atoms with E-state index in [9.17, 15) is 0 Å². The molecule has 0 saturated heterocycles. The van der Waals surface area contributed by atoms with Crippen LogP contribution in [0.25, 0.3) is 97.1 Å². The lowest BCUT2D eigenvalue weighted by molar-refractivity contribution is -0.0398. The molecule has 1 spiro atoms. The Morgan fingerprint density at radius 1 is 0.393 bits per heavy atom. The second kappa shape index (κ2) is 17.3. The average molecular weight is 1110 g/mol. The molecule has 4 bridgehead atoms. The highest BCUT2D eigenvalue weighted by atomic mass is 32.1. The third-order valence-corrected chi connectivity index (χ3v) is 21.7. The number of para-hydroxylation sites is 3. The van der Waals surface area contributed by atoms with Gasteiger partial charge in [0, 0.05) is 86.2 Å². The highest BCUT2D eigenvalue weighted by molar-refractivity contribution is 7.26. The molecule has 0 aliphatic heterocycles. The van der Waals surface area contributed by atoms with Crippen LogP contribution in [-0.2, 0) is 16.2 Å². The van der Waals surface area contributed by atoms with Crippen LogP contribution < -0.4 is 9.80 Å². The Balaban J connectivity index is 0.975. The van der Waals surface area contributed by atoms with Gasteiger partial charge in [-0.05, 0) is 191 Å². The molecule has 10 aromatic carbocycles. The molecule has 0 unspecified atom stereocenters. The molecule has 14 aromatic rings. The van der Waals surface area contributed by atoms with Crippen molar-refractivity contribution in [3.8, 4) is 11.1 Å². The van der Waals surface area contributed by atoms with Crippen LogP contribution >= 0.6 is 11.3 Å². The van der Waals surface area contributed by atoms with E-state index in [1.165, 1.54) is 96.7 Å². The van der Waals surface area contributed by atoms with Gasteiger partial charge in [0.25, 0.3) is 0 Å². The molecule has 4 heterocycles. The van der Waals surface area contributed by atoms with E-state index >= 15 is 0 Å². The summed E-state index contributed by atoms with van der Waals surface area (Å²) in [7, 11) is 0. The maximum Gasteiger partial charge on any atom is 0.160 e. The van der Waals surface area contributed by atoms with Gasteiger partial charge in [-0.3, -0.25) is 0 Å². The van der Waals surface area contributed by atoms with Crippen LogP contribution in [0.2, 0.25) is 0 Å². The fourth-order valence-corrected chi connectivity index (χ4v) is 18.3. The van der Waals surface area contributed by atoms with Gasteiger partial charge in [0.15, 0.2) is 5.58 Å². The van der Waals surface area contributed by atoms with Crippen LogP contribution in [0.15, 0.2) is 207 Å². The lowest BCUT2D eigenvalue weighted by Crippen LogP contribution is -2.55. The van der Waals surface area contributed by atoms with Gasteiger partial charge in [0.2, 0.25) is 0 Å². The summed E-state index contributed by atoms with van der Waals surface area (Å²) in [6.45, 7) is 13.9. The Bertz CT molecular complexity index is 5040. The first-order valence-corrected chi connectivity index (χ1v) is 31.3. The van der Waals surface area contributed by atoms with Crippen molar-refractivity contribution in [3.05, 3.63) is 216 Å². The number of nitrogens with zero attached hydrogens (tertiary/aromatic N) is 2. The lowest BCUT2D eigenvalue weighted by Gasteiger charge is -2.61. The molecule has 19 rings (SSSR count). The summed E-state index contributed by atoms with van der Waals surface area (Å²) in [5.74, 6) is 2.44. The molecule has 4 aromatic heterocycles. The molecule has 0 amide bonds. The largest absolute Gasteiger partial charge is 0.456 e. The summed E-state index contributed by atoms with van der Waals surface area (Å²) in [5, 5.41) is 9.43. The smallest absolute Gasteiger partial charge is 0.160 e. The predicted molar refractivity (Wildman–Crippen MR) is 351 cm³/mol. The topological polar surface area (TPSA) is 45.9 Å². The van der Waals surface area contributed by atoms with Crippen molar-refractivity contribution >= 4 is 131 Å². The summed E-state index contributed by atoms with van der Waals surface area (Å²) >= 11 is 1.98. The normalized spacial score (nSPS) is 20.1. The van der Waals surface area contributed by atoms with Crippen LogP contribution in [-0.4, -0.2) is 0 Å². The maximum absolute atomic E-state index is 7.53. The first kappa shape index (κ1) is 48.9. The number of furan rings is 3. The Labute approximate surface area is 492 Å². The molecular weight excluding hydrogens is 1040 g/mol. The second-order valence-corrected chi connectivity index (χ2v) is 28.3. The molecule has 410 valence electrons. The van der Waals surface area contributed by atoms with Crippen molar-refractivity contribution in [2.45, 2.75) is 89.9 Å². The van der Waals surface area contributed by atoms with Gasteiger partial charge in [-0.25, -0.2) is 0 Å². The first-order valence-electron chi connectivity index (χ1n) is 30.5. The minimum Gasteiger partial charge on any atom is -0.456 e. The van der Waals surface area contributed by atoms with Crippen LogP contribution in [0.1, 0.15) is 95.9 Å². The highest BCUT2D eigenvalue weighted by Crippen LogP contribution is 2.73. The molecule has 5 nitrogen and oxygen atoms in total. The summed E-state index contributed by atoms with van der Waals surface area (Å²) in [5.41, 5.74) is 20.2. The van der Waals surface area contributed by atoms with Crippen LogP contribution in [0, 0.1) is 23.7 Å².